The van der Waals surface area contributed by atoms with Crippen LogP contribution in [0.2, 0.25) is 0 Å². The Bertz CT molecular complexity index is 795. The van der Waals surface area contributed by atoms with Gasteiger partial charge < -0.3 is 15.4 Å². The molecule has 0 saturated heterocycles. The molecule has 0 aliphatic carbocycles. The Morgan fingerprint density at radius 2 is 1.70 bits per heavy atom. The van der Waals surface area contributed by atoms with Crippen molar-refractivity contribution >= 4 is 17.7 Å². The van der Waals surface area contributed by atoms with Gasteiger partial charge in [0.2, 0.25) is 6.10 Å². The second-order valence-corrected chi connectivity index (χ2v) is 7.51. The molecule has 0 fully saturated rings. The van der Waals surface area contributed by atoms with Crippen LogP contribution in [-0.4, -0.2) is 17.5 Å². The van der Waals surface area contributed by atoms with E-state index in [4.69, 9.17) is 4.74 Å². The summed E-state index contributed by atoms with van der Waals surface area (Å²) in [6.45, 7) is 9.61. The molecular formula is C22H28N2O3. The molecule has 0 aliphatic heterocycles. The summed E-state index contributed by atoms with van der Waals surface area (Å²) >= 11 is 0. The van der Waals surface area contributed by atoms with E-state index in [-0.39, 0.29) is 5.91 Å². The minimum Gasteiger partial charge on any atom is -0.431 e. The Hall–Kier alpha value is -2.82. The summed E-state index contributed by atoms with van der Waals surface area (Å²) in [6, 6.07) is 14.8. The van der Waals surface area contributed by atoms with E-state index >= 15 is 0 Å². The van der Waals surface area contributed by atoms with Gasteiger partial charge in [-0.15, -0.1) is 0 Å². The van der Waals surface area contributed by atoms with Crippen LogP contribution < -0.4 is 10.6 Å². The van der Waals surface area contributed by atoms with Gasteiger partial charge in [-0.25, -0.2) is 4.79 Å². The maximum Gasteiger partial charge on any atom is 0.408 e. The monoisotopic (exact) mass is 368 g/mol. The van der Waals surface area contributed by atoms with Crippen molar-refractivity contribution in [3.63, 3.8) is 0 Å². The third-order valence-corrected chi connectivity index (χ3v) is 4.06. The van der Waals surface area contributed by atoms with Crippen LogP contribution in [0.15, 0.2) is 48.5 Å². The lowest BCUT2D eigenvalue weighted by Gasteiger charge is -2.24. The molecule has 144 valence electrons. The van der Waals surface area contributed by atoms with Gasteiger partial charge in [-0.2, -0.15) is 0 Å². The maximum absolute atomic E-state index is 13.0. The molecule has 1 unspecified atom stereocenters. The lowest BCUT2D eigenvalue weighted by atomic mass is 10.0. The molecule has 0 aromatic heterocycles. The van der Waals surface area contributed by atoms with E-state index < -0.39 is 17.7 Å². The first-order chi connectivity index (χ1) is 12.7. The van der Waals surface area contributed by atoms with E-state index in [1.54, 1.807) is 12.1 Å². The van der Waals surface area contributed by atoms with Crippen LogP contribution in [-0.2, 0) is 16.0 Å². The van der Waals surface area contributed by atoms with Crippen LogP contribution in [0.4, 0.5) is 10.5 Å². The number of alkyl carbamates (subject to hydrolysis) is 1. The summed E-state index contributed by atoms with van der Waals surface area (Å²) in [5.41, 5.74) is 3.07. The highest BCUT2D eigenvalue weighted by Crippen LogP contribution is 2.24. The van der Waals surface area contributed by atoms with E-state index in [0.717, 1.165) is 23.2 Å². The topological polar surface area (TPSA) is 67.4 Å². The highest BCUT2D eigenvalue weighted by atomic mass is 16.6. The third kappa shape index (κ3) is 5.84. The summed E-state index contributed by atoms with van der Waals surface area (Å²) in [4.78, 5) is 25.2. The Labute approximate surface area is 161 Å². The SMILES string of the molecule is CCc1c(C)cccc1NC(=O)C(OC(=O)NC(C)(C)C)c1ccccc1. The maximum atomic E-state index is 13.0. The van der Waals surface area contributed by atoms with Crippen LogP contribution in [0.25, 0.3) is 0 Å². The van der Waals surface area contributed by atoms with Crippen LogP contribution in [0.5, 0.6) is 0 Å². The van der Waals surface area contributed by atoms with Crippen LogP contribution in [0, 0.1) is 6.92 Å². The van der Waals surface area contributed by atoms with Gasteiger partial charge in [-0.1, -0.05) is 49.4 Å². The number of anilines is 1. The fraction of sp³-hybridized carbons (Fsp3) is 0.364. The average Bonchev–Trinajstić information content (AvgIpc) is 2.59. The van der Waals surface area contributed by atoms with Crippen molar-refractivity contribution in [2.24, 2.45) is 0 Å². The van der Waals surface area contributed by atoms with Crippen molar-refractivity contribution in [2.75, 3.05) is 5.32 Å². The smallest absolute Gasteiger partial charge is 0.408 e. The second-order valence-electron chi connectivity index (χ2n) is 7.51. The molecule has 2 aromatic carbocycles. The molecule has 5 heteroatoms. The molecule has 0 radical (unpaired) electrons. The number of hydrogen-bond donors (Lipinski definition) is 2. The van der Waals surface area contributed by atoms with Crippen molar-refractivity contribution < 1.29 is 14.3 Å². The number of aryl methyl sites for hydroxylation is 1. The molecule has 0 heterocycles. The minimum absolute atomic E-state index is 0.384. The van der Waals surface area contributed by atoms with Crippen LogP contribution >= 0.6 is 0 Å². The van der Waals surface area contributed by atoms with Gasteiger partial charge in [0.15, 0.2) is 0 Å². The fourth-order valence-corrected chi connectivity index (χ4v) is 2.83. The largest absolute Gasteiger partial charge is 0.431 e. The van der Waals surface area contributed by atoms with Crippen molar-refractivity contribution in [3.8, 4) is 0 Å². The van der Waals surface area contributed by atoms with Crippen molar-refractivity contribution in [1.29, 1.82) is 0 Å². The molecule has 27 heavy (non-hydrogen) atoms. The first-order valence-corrected chi connectivity index (χ1v) is 9.14. The van der Waals surface area contributed by atoms with Crippen LogP contribution in [0.3, 0.4) is 0 Å². The van der Waals surface area contributed by atoms with E-state index in [0.29, 0.717) is 5.56 Å². The summed E-state index contributed by atoms with van der Waals surface area (Å²) in [5, 5.41) is 5.65. The number of amides is 2. The predicted octanol–water partition coefficient (Wildman–Crippen LogP) is 4.76. The molecule has 0 spiro atoms. The molecular weight excluding hydrogens is 340 g/mol. The summed E-state index contributed by atoms with van der Waals surface area (Å²) in [7, 11) is 0. The molecule has 2 rings (SSSR count). The zero-order valence-corrected chi connectivity index (χ0v) is 16.6. The zero-order valence-electron chi connectivity index (χ0n) is 16.6. The highest BCUT2D eigenvalue weighted by Gasteiger charge is 2.27. The van der Waals surface area contributed by atoms with Gasteiger partial charge in [0.25, 0.3) is 5.91 Å². The molecule has 0 bridgehead atoms. The lowest BCUT2D eigenvalue weighted by molar-refractivity contribution is -0.124. The number of nitrogens with one attached hydrogen (secondary N) is 2. The van der Waals surface area contributed by atoms with Gasteiger partial charge in [-0.3, -0.25) is 4.79 Å². The Morgan fingerprint density at radius 3 is 2.30 bits per heavy atom. The van der Waals surface area contributed by atoms with Gasteiger partial charge in [0, 0.05) is 16.8 Å². The minimum atomic E-state index is -1.04. The van der Waals surface area contributed by atoms with Gasteiger partial charge in [0.1, 0.15) is 0 Å². The second kappa shape index (κ2) is 8.71. The number of benzene rings is 2. The molecule has 5 nitrogen and oxygen atoms in total. The van der Waals surface area contributed by atoms with Crippen molar-refractivity contribution in [3.05, 3.63) is 65.2 Å². The number of carbonyl (C=O) groups is 2. The normalized spacial score (nSPS) is 12.2. The predicted molar refractivity (Wildman–Crippen MR) is 108 cm³/mol. The quantitative estimate of drug-likeness (QED) is 0.799. The van der Waals surface area contributed by atoms with Crippen LogP contribution in [0.1, 0.15) is 50.5 Å². The molecule has 2 amide bonds. The van der Waals surface area contributed by atoms with E-state index in [1.165, 1.54) is 0 Å². The van der Waals surface area contributed by atoms with E-state index in [9.17, 15) is 9.59 Å². The van der Waals surface area contributed by atoms with Gasteiger partial charge in [0.05, 0.1) is 0 Å². The van der Waals surface area contributed by atoms with E-state index in [2.05, 4.69) is 10.6 Å². The lowest BCUT2D eigenvalue weighted by Crippen LogP contribution is -2.42. The molecule has 0 aliphatic rings. The Balaban J connectivity index is 2.27. The zero-order chi connectivity index (χ0) is 20.0. The molecule has 1 atom stereocenters. The molecule has 2 aromatic rings. The third-order valence-electron chi connectivity index (χ3n) is 4.06. The Morgan fingerprint density at radius 1 is 1.04 bits per heavy atom. The number of hydrogen-bond acceptors (Lipinski definition) is 3. The number of carbonyl (C=O) groups excluding carboxylic acids is 2. The Kier molecular flexibility index (Phi) is 6.61. The number of ether oxygens (including phenoxy) is 1. The van der Waals surface area contributed by atoms with Gasteiger partial charge in [-0.05, 0) is 51.3 Å². The fourth-order valence-electron chi connectivity index (χ4n) is 2.83. The van der Waals surface area contributed by atoms with Gasteiger partial charge >= 0.3 is 6.09 Å². The number of rotatable bonds is 5. The first-order valence-electron chi connectivity index (χ1n) is 9.14. The highest BCUT2D eigenvalue weighted by molar-refractivity contribution is 5.96. The summed E-state index contributed by atoms with van der Waals surface area (Å²) in [5.74, 6) is -0.384. The first kappa shape index (κ1) is 20.5. The standard InChI is InChI=1S/C22H28N2O3/c1-6-17-15(2)11-10-14-18(17)23-20(25)19(16-12-8-7-9-13-16)27-21(26)24-22(3,4)5/h7-14,19H,6H2,1-5H3,(H,23,25)(H,24,26). The summed E-state index contributed by atoms with van der Waals surface area (Å²) < 4.78 is 5.49. The molecule has 2 N–H and O–H groups in total. The molecule has 0 saturated carbocycles. The average molecular weight is 368 g/mol. The van der Waals surface area contributed by atoms with Crippen molar-refractivity contribution in [2.45, 2.75) is 52.7 Å². The van der Waals surface area contributed by atoms with E-state index in [1.807, 2.05) is 71.0 Å². The summed E-state index contributed by atoms with van der Waals surface area (Å²) in [6.07, 6.45) is -0.880. The van der Waals surface area contributed by atoms with Crippen molar-refractivity contribution in [1.82, 2.24) is 5.32 Å².